The summed E-state index contributed by atoms with van der Waals surface area (Å²) in [6, 6.07) is 0. The average Bonchev–Trinajstić information content (AvgIpc) is 2.36. The molecule has 0 spiro atoms. The zero-order chi connectivity index (χ0) is 9.84. The lowest BCUT2D eigenvalue weighted by Crippen LogP contribution is -2.17. The predicted octanol–water partition coefficient (Wildman–Crippen LogP) is 0.304. The van der Waals surface area contributed by atoms with Crippen LogP contribution in [0.5, 0.6) is 0 Å². The van der Waals surface area contributed by atoms with Crippen molar-refractivity contribution in [3.05, 3.63) is 6.20 Å². The Morgan fingerprint density at radius 2 is 2.54 bits per heavy atom. The van der Waals surface area contributed by atoms with E-state index in [9.17, 15) is 4.79 Å². The van der Waals surface area contributed by atoms with Gasteiger partial charge >= 0.3 is 0 Å². The van der Waals surface area contributed by atoms with Gasteiger partial charge in [-0.25, -0.2) is 0 Å². The van der Waals surface area contributed by atoms with Crippen molar-refractivity contribution in [2.75, 3.05) is 23.1 Å². The van der Waals surface area contributed by atoms with Gasteiger partial charge in [-0.2, -0.15) is 16.9 Å². The Morgan fingerprint density at radius 3 is 3.00 bits per heavy atom. The fourth-order valence-electron chi connectivity index (χ4n) is 0.907. The van der Waals surface area contributed by atoms with Crippen LogP contribution >= 0.6 is 11.8 Å². The van der Waals surface area contributed by atoms with Crippen LogP contribution in [-0.4, -0.2) is 27.7 Å². The summed E-state index contributed by atoms with van der Waals surface area (Å²) in [5, 5.41) is 6.57. The maximum Gasteiger partial charge on any atom is 0.235 e. The summed E-state index contributed by atoms with van der Waals surface area (Å²) >= 11 is 1.46. The molecule has 0 radical (unpaired) electrons. The molecule has 1 rings (SSSR count). The molecular weight excluding hydrogens is 188 g/mol. The Labute approximate surface area is 80.7 Å². The minimum atomic E-state index is -0.0669. The number of carbonyl (C=O) groups excluding carboxylic acids is 1. The van der Waals surface area contributed by atoms with E-state index in [-0.39, 0.29) is 5.91 Å². The topological polar surface area (TPSA) is 72.9 Å². The van der Waals surface area contributed by atoms with Crippen LogP contribution < -0.4 is 11.1 Å². The molecule has 1 aromatic rings. The Bertz CT molecular complexity index is 290. The van der Waals surface area contributed by atoms with E-state index >= 15 is 0 Å². The summed E-state index contributed by atoms with van der Waals surface area (Å²) in [4.78, 5) is 11.2. The lowest BCUT2D eigenvalue weighted by Gasteiger charge is -2.04. The van der Waals surface area contributed by atoms with Gasteiger partial charge in [-0.1, -0.05) is 0 Å². The molecule has 0 aliphatic heterocycles. The lowest BCUT2D eigenvalue weighted by molar-refractivity contribution is -0.113. The van der Waals surface area contributed by atoms with Crippen molar-refractivity contribution in [3.8, 4) is 0 Å². The highest BCUT2D eigenvalue weighted by atomic mass is 32.2. The van der Waals surface area contributed by atoms with Crippen LogP contribution in [0, 0.1) is 0 Å². The standard InChI is InChI=1S/C7H12N4OS/c1-11-7(5(8)3-9-11)10-6(12)4-13-2/h3H,4,8H2,1-2H3,(H,10,12). The Kier molecular flexibility index (Phi) is 3.18. The van der Waals surface area contributed by atoms with Crippen LogP contribution in [-0.2, 0) is 11.8 Å². The molecule has 1 aromatic heterocycles. The molecule has 1 amide bonds. The zero-order valence-corrected chi connectivity index (χ0v) is 8.39. The first-order valence-electron chi connectivity index (χ1n) is 3.71. The number of amides is 1. The number of anilines is 2. The van der Waals surface area contributed by atoms with Gasteiger partial charge in [0.05, 0.1) is 17.6 Å². The summed E-state index contributed by atoms with van der Waals surface area (Å²) < 4.78 is 1.54. The number of nitrogens with two attached hydrogens (primary N) is 1. The second kappa shape index (κ2) is 4.18. The molecule has 0 saturated carbocycles. The van der Waals surface area contributed by atoms with E-state index in [0.717, 1.165) is 0 Å². The molecule has 0 fully saturated rings. The fourth-order valence-corrected chi connectivity index (χ4v) is 1.24. The van der Waals surface area contributed by atoms with E-state index in [1.807, 2.05) is 6.26 Å². The highest BCUT2D eigenvalue weighted by Gasteiger charge is 2.08. The Morgan fingerprint density at radius 1 is 1.85 bits per heavy atom. The number of aromatic nitrogens is 2. The molecule has 13 heavy (non-hydrogen) atoms. The molecule has 3 N–H and O–H groups in total. The molecule has 0 aliphatic carbocycles. The SMILES string of the molecule is CSCC(=O)Nc1c(N)cnn1C. The van der Waals surface area contributed by atoms with Crippen LogP contribution in [0.3, 0.4) is 0 Å². The molecule has 0 aliphatic rings. The zero-order valence-electron chi connectivity index (χ0n) is 7.57. The third-order valence-electron chi connectivity index (χ3n) is 1.50. The molecule has 0 aromatic carbocycles. The van der Waals surface area contributed by atoms with Gasteiger partial charge in [-0.3, -0.25) is 9.48 Å². The summed E-state index contributed by atoms with van der Waals surface area (Å²) in [6.45, 7) is 0. The number of rotatable bonds is 3. The summed E-state index contributed by atoms with van der Waals surface area (Å²) in [6.07, 6.45) is 3.38. The first kappa shape index (κ1) is 9.91. The quantitative estimate of drug-likeness (QED) is 0.736. The van der Waals surface area contributed by atoms with E-state index in [0.29, 0.717) is 17.3 Å². The van der Waals surface area contributed by atoms with Gasteiger partial charge in [0, 0.05) is 7.05 Å². The first-order chi connectivity index (χ1) is 6.15. The van der Waals surface area contributed by atoms with Gasteiger partial charge in [0.25, 0.3) is 0 Å². The Hall–Kier alpha value is -1.17. The summed E-state index contributed by atoms with van der Waals surface area (Å²) in [7, 11) is 1.73. The molecule has 0 saturated heterocycles. The van der Waals surface area contributed by atoms with Crippen LogP contribution in [0.25, 0.3) is 0 Å². The summed E-state index contributed by atoms with van der Waals surface area (Å²) in [5.41, 5.74) is 6.06. The maximum absolute atomic E-state index is 11.2. The highest BCUT2D eigenvalue weighted by molar-refractivity contribution is 7.99. The van der Waals surface area contributed by atoms with Gasteiger partial charge in [0.15, 0.2) is 5.82 Å². The maximum atomic E-state index is 11.2. The van der Waals surface area contributed by atoms with Gasteiger partial charge in [-0.15, -0.1) is 0 Å². The van der Waals surface area contributed by atoms with E-state index in [2.05, 4.69) is 10.4 Å². The third kappa shape index (κ3) is 2.38. The normalized spacial score (nSPS) is 10.0. The fraction of sp³-hybridized carbons (Fsp3) is 0.429. The molecule has 0 bridgehead atoms. The van der Waals surface area contributed by atoms with Crippen molar-refractivity contribution in [2.24, 2.45) is 7.05 Å². The van der Waals surface area contributed by atoms with Crippen molar-refractivity contribution in [1.29, 1.82) is 0 Å². The Balaban J connectivity index is 2.68. The summed E-state index contributed by atoms with van der Waals surface area (Å²) in [5.74, 6) is 0.909. The first-order valence-corrected chi connectivity index (χ1v) is 5.10. The average molecular weight is 200 g/mol. The monoisotopic (exact) mass is 200 g/mol. The van der Waals surface area contributed by atoms with Gasteiger partial charge in [0.1, 0.15) is 0 Å². The number of nitrogen functional groups attached to an aromatic ring is 1. The molecule has 72 valence electrons. The molecule has 0 unspecified atom stereocenters. The number of nitrogens with zero attached hydrogens (tertiary/aromatic N) is 2. The third-order valence-corrected chi connectivity index (χ3v) is 2.05. The number of hydrogen-bond donors (Lipinski definition) is 2. The van der Waals surface area contributed by atoms with E-state index in [1.165, 1.54) is 22.6 Å². The number of nitrogens with one attached hydrogen (secondary N) is 1. The molecule has 0 atom stereocenters. The minimum absolute atomic E-state index is 0.0669. The van der Waals surface area contributed by atoms with E-state index in [1.54, 1.807) is 7.05 Å². The van der Waals surface area contributed by atoms with Gasteiger partial charge in [-0.05, 0) is 6.26 Å². The van der Waals surface area contributed by atoms with Crippen molar-refractivity contribution in [2.45, 2.75) is 0 Å². The second-order valence-electron chi connectivity index (χ2n) is 2.55. The van der Waals surface area contributed by atoms with Crippen LogP contribution in [0.4, 0.5) is 11.5 Å². The van der Waals surface area contributed by atoms with Crippen molar-refractivity contribution in [1.82, 2.24) is 9.78 Å². The van der Waals surface area contributed by atoms with Crippen LogP contribution in [0.2, 0.25) is 0 Å². The van der Waals surface area contributed by atoms with Crippen molar-refractivity contribution in [3.63, 3.8) is 0 Å². The van der Waals surface area contributed by atoms with E-state index in [4.69, 9.17) is 5.73 Å². The highest BCUT2D eigenvalue weighted by Crippen LogP contribution is 2.15. The minimum Gasteiger partial charge on any atom is -0.394 e. The van der Waals surface area contributed by atoms with Gasteiger partial charge in [0.2, 0.25) is 5.91 Å². The van der Waals surface area contributed by atoms with E-state index < -0.39 is 0 Å². The largest absolute Gasteiger partial charge is 0.394 e. The van der Waals surface area contributed by atoms with Crippen LogP contribution in [0.15, 0.2) is 6.20 Å². The second-order valence-corrected chi connectivity index (χ2v) is 3.42. The van der Waals surface area contributed by atoms with Gasteiger partial charge < -0.3 is 11.1 Å². The molecule has 5 nitrogen and oxygen atoms in total. The number of thioether (sulfide) groups is 1. The van der Waals surface area contributed by atoms with Crippen molar-refractivity contribution >= 4 is 29.2 Å². The molecule has 6 heteroatoms. The van der Waals surface area contributed by atoms with Crippen LogP contribution in [0.1, 0.15) is 0 Å². The number of carbonyl (C=O) groups is 1. The molecular formula is C7H12N4OS. The lowest BCUT2D eigenvalue weighted by atomic mass is 10.5. The number of aryl methyl sites for hydroxylation is 1. The smallest absolute Gasteiger partial charge is 0.235 e. The van der Waals surface area contributed by atoms with Crippen molar-refractivity contribution < 1.29 is 4.79 Å². The number of hydrogen-bond acceptors (Lipinski definition) is 4. The molecule has 1 heterocycles. The predicted molar refractivity (Wildman–Crippen MR) is 54.6 cm³/mol.